The van der Waals surface area contributed by atoms with Gasteiger partial charge in [-0.25, -0.2) is 0 Å². The number of hydrogen-bond donors (Lipinski definition) is 0. The molecule has 0 heterocycles. The molecule has 0 unspecified atom stereocenters. The van der Waals surface area contributed by atoms with E-state index in [-0.39, 0.29) is 11.2 Å². The minimum Gasteiger partial charge on any atom is -0.294 e. The zero-order valence-corrected chi connectivity index (χ0v) is 13.0. The third kappa shape index (κ3) is 5.31. The van der Waals surface area contributed by atoms with Gasteiger partial charge < -0.3 is 0 Å². The van der Waals surface area contributed by atoms with E-state index in [0.29, 0.717) is 12.0 Å². The van der Waals surface area contributed by atoms with Crippen molar-refractivity contribution in [3.05, 3.63) is 46.7 Å². The number of carbonyl (C=O) groups is 1. The average Bonchev–Trinajstić information content (AvgIpc) is 2.37. The Kier molecular flexibility index (Phi) is 5.56. The summed E-state index contributed by atoms with van der Waals surface area (Å²) in [6, 6.07) is 7.92. The van der Waals surface area contributed by atoms with Gasteiger partial charge in [0, 0.05) is 16.6 Å². The van der Waals surface area contributed by atoms with Crippen molar-refractivity contribution < 1.29 is 4.79 Å². The van der Waals surface area contributed by atoms with E-state index < -0.39 is 0 Å². The van der Waals surface area contributed by atoms with Crippen LogP contribution >= 0.6 is 0 Å². The first-order chi connectivity index (χ1) is 9.33. The predicted octanol–water partition coefficient (Wildman–Crippen LogP) is 4.62. The molecule has 0 saturated heterocycles. The summed E-state index contributed by atoms with van der Waals surface area (Å²) in [5.74, 6) is 6.51. The van der Waals surface area contributed by atoms with Crippen molar-refractivity contribution in [2.45, 2.75) is 41.0 Å². The van der Waals surface area contributed by atoms with E-state index in [1.54, 1.807) is 6.92 Å². The lowest BCUT2D eigenvalue weighted by Gasteiger charge is -2.07. The molecule has 0 amide bonds. The Morgan fingerprint density at radius 3 is 2.45 bits per heavy atom. The molecule has 20 heavy (non-hydrogen) atoms. The average molecular weight is 266 g/mol. The molecule has 0 atom stereocenters. The third-order valence-corrected chi connectivity index (χ3v) is 2.71. The minimum atomic E-state index is -0.0272. The molecule has 104 valence electrons. The molecule has 0 radical (unpaired) electrons. The molecule has 0 N–H and O–H groups in total. The molecule has 0 aliphatic carbocycles. The maximum absolute atomic E-state index is 11.4. The molecule has 1 aromatic rings. The Morgan fingerprint density at radius 2 is 1.90 bits per heavy atom. The molecule has 0 aliphatic rings. The third-order valence-electron chi connectivity index (χ3n) is 2.71. The summed E-state index contributed by atoms with van der Waals surface area (Å²) in [5.41, 5.74) is 5.74. The summed E-state index contributed by atoms with van der Waals surface area (Å²) in [6.07, 6.45) is 2.55. The molecule has 1 rings (SSSR count). The lowest BCUT2D eigenvalue weighted by molar-refractivity contribution is -0.113. The van der Waals surface area contributed by atoms with Crippen LogP contribution in [0.25, 0.3) is 6.08 Å². The second-order valence-corrected chi connectivity index (χ2v) is 5.76. The molecule has 0 bridgehead atoms. The van der Waals surface area contributed by atoms with Gasteiger partial charge in [-0.1, -0.05) is 37.0 Å². The van der Waals surface area contributed by atoms with Crippen LogP contribution in [0.3, 0.4) is 0 Å². The van der Waals surface area contributed by atoms with E-state index in [1.165, 1.54) is 0 Å². The van der Waals surface area contributed by atoms with Crippen LogP contribution in [-0.2, 0) is 4.79 Å². The van der Waals surface area contributed by atoms with Crippen molar-refractivity contribution in [2.24, 2.45) is 5.41 Å². The number of ketones is 1. The van der Waals surface area contributed by atoms with Gasteiger partial charge in [0.05, 0.1) is 0 Å². The summed E-state index contributed by atoms with van der Waals surface area (Å²) in [4.78, 5) is 11.4. The van der Waals surface area contributed by atoms with Crippen molar-refractivity contribution in [1.82, 2.24) is 0 Å². The Labute approximate surface area is 122 Å². The predicted molar refractivity (Wildman–Crippen MR) is 85.2 cm³/mol. The molecular formula is C19H22O. The van der Waals surface area contributed by atoms with E-state index in [4.69, 9.17) is 0 Å². The highest BCUT2D eigenvalue weighted by Crippen LogP contribution is 2.14. The standard InChI is InChI=1S/C19H22O/c1-6-16(15(2)20)11-12-17-9-7-8-10-18(17)13-14-19(3,4)5/h7-10,12H,6H2,1-5H3. The van der Waals surface area contributed by atoms with E-state index in [0.717, 1.165) is 11.1 Å². The summed E-state index contributed by atoms with van der Waals surface area (Å²) in [7, 11) is 0. The van der Waals surface area contributed by atoms with Gasteiger partial charge >= 0.3 is 0 Å². The second-order valence-electron chi connectivity index (χ2n) is 5.76. The molecular weight excluding hydrogens is 244 g/mol. The lowest BCUT2D eigenvalue weighted by Crippen LogP contribution is -1.99. The Hall–Kier alpha value is -2.03. The zero-order valence-electron chi connectivity index (χ0n) is 13.0. The van der Waals surface area contributed by atoms with Crippen LogP contribution in [0, 0.1) is 17.3 Å². The number of rotatable bonds is 3. The molecule has 0 spiro atoms. The molecule has 1 aromatic carbocycles. The topological polar surface area (TPSA) is 17.1 Å². The number of Topliss-reactive ketones (excluding diaryl/α,β-unsaturated/α-hetero) is 1. The van der Waals surface area contributed by atoms with Gasteiger partial charge in [-0.3, -0.25) is 4.79 Å². The first-order valence-corrected chi connectivity index (χ1v) is 6.92. The normalized spacial score (nSPS) is 10.1. The number of benzene rings is 1. The Bertz CT molecular complexity index is 609. The van der Waals surface area contributed by atoms with Crippen LogP contribution in [0.5, 0.6) is 0 Å². The second kappa shape index (κ2) is 6.94. The van der Waals surface area contributed by atoms with Gasteiger partial charge in [0.15, 0.2) is 5.78 Å². The fourth-order valence-electron chi connectivity index (χ4n) is 1.61. The smallest absolute Gasteiger partial charge is 0.163 e. The van der Waals surface area contributed by atoms with Crippen molar-refractivity contribution in [1.29, 1.82) is 0 Å². The zero-order chi connectivity index (χ0) is 15.2. The molecule has 0 fully saturated rings. The Balaban J connectivity index is 3.24. The van der Waals surface area contributed by atoms with Crippen molar-refractivity contribution in [2.75, 3.05) is 0 Å². The minimum absolute atomic E-state index is 0.0272. The van der Waals surface area contributed by atoms with Crippen LogP contribution in [-0.4, -0.2) is 5.78 Å². The van der Waals surface area contributed by atoms with Crippen LogP contribution < -0.4 is 0 Å². The van der Waals surface area contributed by atoms with Gasteiger partial charge in [-0.2, -0.15) is 0 Å². The molecule has 0 aromatic heterocycles. The molecule has 0 saturated carbocycles. The van der Waals surface area contributed by atoms with Crippen LogP contribution in [0.2, 0.25) is 0 Å². The number of carbonyl (C=O) groups excluding carboxylic acids is 1. The lowest BCUT2D eigenvalue weighted by atomic mass is 9.96. The van der Waals surface area contributed by atoms with Gasteiger partial charge in [-0.15, -0.1) is 5.73 Å². The largest absolute Gasteiger partial charge is 0.294 e. The Morgan fingerprint density at radius 1 is 1.25 bits per heavy atom. The monoisotopic (exact) mass is 266 g/mol. The quantitative estimate of drug-likeness (QED) is 0.443. The maximum Gasteiger partial charge on any atom is 0.163 e. The highest BCUT2D eigenvalue weighted by atomic mass is 16.1. The van der Waals surface area contributed by atoms with E-state index >= 15 is 0 Å². The first kappa shape index (κ1) is 16.0. The summed E-state index contributed by atoms with van der Waals surface area (Å²) in [5, 5.41) is 0. The highest BCUT2D eigenvalue weighted by molar-refractivity contribution is 5.93. The van der Waals surface area contributed by atoms with Crippen molar-refractivity contribution >= 4 is 11.9 Å². The van der Waals surface area contributed by atoms with E-state index in [9.17, 15) is 4.79 Å². The van der Waals surface area contributed by atoms with Crippen LogP contribution in [0.15, 0.2) is 35.6 Å². The summed E-state index contributed by atoms with van der Waals surface area (Å²) < 4.78 is 0. The van der Waals surface area contributed by atoms with Gasteiger partial charge in [-0.05, 0) is 51.8 Å². The van der Waals surface area contributed by atoms with Crippen molar-refractivity contribution in [3.63, 3.8) is 0 Å². The maximum atomic E-state index is 11.4. The van der Waals surface area contributed by atoms with Gasteiger partial charge in [0.2, 0.25) is 0 Å². The molecule has 1 heteroatoms. The van der Waals surface area contributed by atoms with Gasteiger partial charge in [0.1, 0.15) is 0 Å². The summed E-state index contributed by atoms with van der Waals surface area (Å²) >= 11 is 0. The molecule has 0 aliphatic heterocycles. The highest BCUT2D eigenvalue weighted by Gasteiger charge is 2.04. The fourth-order valence-corrected chi connectivity index (χ4v) is 1.61. The molecule has 1 nitrogen and oxygen atoms in total. The van der Waals surface area contributed by atoms with E-state index in [2.05, 4.69) is 38.3 Å². The fraction of sp³-hybridized carbons (Fsp3) is 0.368. The van der Waals surface area contributed by atoms with Crippen molar-refractivity contribution in [3.8, 4) is 11.8 Å². The number of allylic oxidation sites excluding steroid dienone is 1. The van der Waals surface area contributed by atoms with Gasteiger partial charge in [0.25, 0.3) is 0 Å². The number of hydrogen-bond acceptors (Lipinski definition) is 1. The SMILES string of the molecule is CCC(=C=Cc1ccccc1C#CC(C)(C)C)C(C)=O. The van der Waals surface area contributed by atoms with Crippen LogP contribution in [0.4, 0.5) is 0 Å². The first-order valence-electron chi connectivity index (χ1n) is 6.92. The summed E-state index contributed by atoms with van der Waals surface area (Å²) in [6.45, 7) is 9.80. The van der Waals surface area contributed by atoms with E-state index in [1.807, 2.05) is 37.3 Å². The van der Waals surface area contributed by atoms with Crippen LogP contribution in [0.1, 0.15) is 52.2 Å².